The molecule has 0 unspecified atom stereocenters. The fourth-order valence-electron chi connectivity index (χ4n) is 8.63. The quantitative estimate of drug-likeness (QED) is 0.0966. The Balaban J connectivity index is 1.15. The van der Waals surface area contributed by atoms with Crippen LogP contribution in [0.15, 0.2) is 187 Å². The van der Waals surface area contributed by atoms with Gasteiger partial charge in [0.15, 0.2) is 0 Å². The minimum absolute atomic E-state index is 0.909. The molecule has 276 valence electrons. The molecule has 8 aromatic carbocycles. The van der Waals surface area contributed by atoms with Crippen LogP contribution in [0, 0.1) is 6.92 Å². The standard InChI is InChI=1S/C55H41N3/c1-5-6-16-34(2)36(4)56-53-35(3)27-28-37-29-32-50(58-55(37)53)45-31-30-40(41-19-7-8-20-42(41)45)38-17-15-18-39(33-38)54-52-47-24-12-10-22-44(47)43-21-9-11-23-46(43)51(52)48-25-13-14-26-49(48)57-54/h5-33H,1-4H3/b6-5-,34-16+,56-36?. The molecule has 0 aliphatic carbocycles. The molecule has 0 N–H and O–H groups in total. The summed E-state index contributed by atoms with van der Waals surface area (Å²) in [7, 11) is 0. The molecule has 0 bridgehead atoms. The molecule has 0 saturated heterocycles. The van der Waals surface area contributed by atoms with Crippen molar-refractivity contribution >= 4 is 76.3 Å². The smallest absolute Gasteiger partial charge is 0.0968 e. The number of hydrogen-bond donors (Lipinski definition) is 0. The van der Waals surface area contributed by atoms with E-state index in [1.165, 1.54) is 48.7 Å². The van der Waals surface area contributed by atoms with E-state index in [1.807, 2.05) is 13.0 Å². The van der Waals surface area contributed by atoms with E-state index in [0.717, 1.165) is 72.4 Å². The number of aromatic nitrogens is 2. The van der Waals surface area contributed by atoms with Gasteiger partial charge in [0, 0.05) is 38.4 Å². The summed E-state index contributed by atoms with van der Waals surface area (Å²) < 4.78 is 0. The maximum absolute atomic E-state index is 5.44. The van der Waals surface area contributed by atoms with Crippen molar-refractivity contribution in [3.63, 3.8) is 0 Å². The summed E-state index contributed by atoms with van der Waals surface area (Å²) in [6.07, 6.45) is 6.19. The largest absolute Gasteiger partial charge is 0.251 e. The monoisotopic (exact) mass is 743 g/mol. The van der Waals surface area contributed by atoms with Crippen LogP contribution in [0.1, 0.15) is 26.3 Å². The van der Waals surface area contributed by atoms with Crippen molar-refractivity contribution in [3.05, 3.63) is 187 Å². The average Bonchev–Trinajstić information content (AvgIpc) is 3.28. The molecule has 0 spiro atoms. The zero-order valence-electron chi connectivity index (χ0n) is 33.1. The number of hydrogen-bond acceptors (Lipinski definition) is 3. The third kappa shape index (κ3) is 5.86. The second kappa shape index (κ2) is 14.4. The molecule has 0 aliphatic rings. The molecule has 10 rings (SSSR count). The van der Waals surface area contributed by atoms with Crippen molar-refractivity contribution in [2.45, 2.75) is 27.7 Å². The van der Waals surface area contributed by atoms with E-state index in [9.17, 15) is 0 Å². The van der Waals surface area contributed by atoms with Crippen LogP contribution in [0.3, 0.4) is 0 Å². The van der Waals surface area contributed by atoms with Gasteiger partial charge in [0.05, 0.1) is 28.1 Å². The predicted octanol–water partition coefficient (Wildman–Crippen LogP) is 15.3. The number of nitrogens with zero attached hydrogens (tertiary/aromatic N) is 3. The number of benzene rings is 8. The maximum Gasteiger partial charge on any atom is 0.0968 e. The first kappa shape index (κ1) is 35.2. The van der Waals surface area contributed by atoms with Crippen molar-refractivity contribution in [3.8, 4) is 33.6 Å². The van der Waals surface area contributed by atoms with Crippen molar-refractivity contribution in [2.24, 2.45) is 4.99 Å². The van der Waals surface area contributed by atoms with Gasteiger partial charge >= 0.3 is 0 Å². The van der Waals surface area contributed by atoms with Gasteiger partial charge in [-0.1, -0.05) is 158 Å². The molecule has 10 aromatic rings. The summed E-state index contributed by atoms with van der Waals surface area (Å²) in [4.78, 5) is 15.9. The van der Waals surface area contributed by atoms with Crippen LogP contribution in [-0.4, -0.2) is 15.7 Å². The van der Waals surface area contributed by atoms with Crippen molar-refractivity contribution in [1.82, 2.24) is 9.97 Å². The fourth-order valence-corrected chi connectivity index (χ4v) is 8.63. The number of fused-ring (bicyclic) bond motifs is 10. The maximum atomic E-state index is 5.44. The number of allylic oxidation sites excluding steroid dienone is 4. The molecule has 58 heavy (non-hydrogen) atoms. The second-order valence-electron chi connectivity index (χ2n) is 15.2. The van der Waals surface area contributed by atoms with E-state index in [0.29, 0.717) is 0 Å². The van der Waals surface area contributed by atoms with Gasteiger partial charge in [0.25, 0.3) is 0 Å². The highest BCUT2D eigenvalue weighted by atomic mass is 14.8. The number of pyridine rings is 2. The highest BCUT2D eigenvalue weighted by Gasteiger charge is 2.19. The molecular formula is C55H41N3. The van der Waals surface area contributed by atoms with Crippen LogP contribution in [0.4, 0.5) is 5.69 Å². The lowest BCUT2D eigenvalue weighted by molar-refractivity contribution is 1.34. The topological polar surface area (TPSA) is 38.1 Å². The van der Waals surface area contributed by atoms with Crippen LogP contribution < -0.4 is 0 Å². The zero-order valence-corrected chi connectivity index (χ0v) is 33.1. The summed E-state index contributed by atoms with van der Waals surface area (Å²) in [6, 6.07) is 56.8. The molecule has 0 saturated carbocycles. The molecule has 3 heteroatoms. The first-order chi connectivity index (χ1) is 28.5. The lowest BCUT2D eigenvalue weighted by Crippen LogP contribution is -1.95. The number of aryl methyl sites for hydroxylation is 1. The summed E-state index contributed by atoms with van der Waals surface area (Å²) in [5, 5.41) is 12.0. The minimum Gasteiger partial charge on any atom is -0.251 e. The Morgan fingerprint density at radius 3 is 1.88 bits per heavy atom. The molecule has 0 fully saturated rings. The van der Waals surface area contributed by atoms with Gasteiger partial charge < -0.3 is 0 Å². The van der Waals surface area contributed by atoms with Crippen LogP contribution in [0.5, 0.6) is 0 Å². The Morgan fingerprint density at radius 1 is 0.534 bits per heavy atom. The molecule has 0 amide bonds. The van der Waals surface area contributed by atoms with Crippen molar-refractivity contribution in [1.29, 1.82) is 0 Å². The fraction of sp³-hybridized carbons (Fsp3) is 0.0727. The van der Waals surface area contributed by atoms with E-state index in [4.69, 9.17) is 15.0 Å². The molecule has 0 aliphatic heterocycles. The Bertz CT molecular complexity index is 3380. The first-order valence-corrected chi connectivity index (χ1v) is 20.0. The average molecular weight is 744 g/mol. The van der Waals surface area contributed by atoms with Gasteiger partial charge in [-0.3, -0.25) is 4.99 Å². The highest BCUT2D eigenvalue weighted by Crippen LogP contribution is 2.44. The number of para-hydroxylation sites is 1. The van der Waals surface area contributed by atoms with Crippen LogP contribution in [0.25, 0.3) is 98.5 Å². The molecule has 0 radical (unpaired) electrons. The normalized spacial score (nSPS) is 12.6. The van der Waals surface area contributed by atoms with Crippen LogP contribution >= 0.6 is 0 Å². The van der Waals surface area contributed by atoms with E-state index < -0.39 is 0 Å². The Labute approximate surface area is 338 Å². The molecule has 3 nitrogen and oxygen atoms in total. The Morgan fingerprint density at radius 2 is 1.14 bits per heavy atom. The number of aliphatic imine (C=N–C) groups is 1. The summed E-state index contributed by atoms with van der Waals surface area (Å²) >= 11 is 0. The lowest BCUT2D eigenvalue weighted by atomic mass is 9.89. The van der Waals surface area contributed by atoms with E-state index >= 15 is 0 Å². The van der Waals surface area contributed by atoms with Crippen molar-refractivity contribution < 1.29 is 0 Å². The zero-order chi connectivity index (χ0) is 39.3. The van der Waals surface area contributed by atoms with E-state index in [-0.39, 0.29) is 0 Å². The van der Waals surface area contributed by atoms with Crippen LogP contribution in [-0.2, 0) is 0 Å². The Hall–Kier alpha value is -7.23. The summed E-state index contributed by atoms with van der Waals surface area (Å²) in [6.45, 7) is 8.31. The second-order valence-corrected chi connectivity index (χ2v) is 15.2. The molecule has 0 atom stereocenters. The third-order valence-corrected chi connectivity index (χ3v) is 11.6. The summed E-state index contributed by atoms with van der Waals surface area (Å²) in [5.41, 5.74) is 12.4. The predicted molar refractivity (Wildman–Crippen MR) is 249 cm³/mol. The minimum atomic E-state index is 0.909. The lowest BCUT2D eigenvalue weighted by Gasteiger charge is -2.17. The van der Waals surface area contributed by atoms with Crippen molar-refractivity contribution in [2.75, 3.05) is 0 Å². The number of rotatable bonds is 6. The Kier molecular flexibility index (Phi) is 8.72. The van der Waals surface area contributed by atoms with E-state index in [2.05, 4.69) is 191 Å². The first-order valence-electron chi connectivity index (χ1n) is 20.0. The highest BCUT2D eigenvalue weighted by molar-refractivity contribution is 6.33. The van der Waals surface area contributed by atoms with Gasteiger partial charge in [-0.2, -0.15) is 0 Å². The molecule has 2 aromatic heterocycles. The van der Waals surface area contributed by atoms with Gasteiger partial charge in [-0.15, -0.1) is 0 Å². The third-order valence-electron chi connectivity index (χ3n) is 11.6. The molecular weight excluding hydrogens is 703 g/mol. The van der Waals surface area contributed by atoms with Gasteiger partial charge in [0.1, 0.15) is 0 Å². The van der Waals surface area contributed by atoms with E-state index in [1.54, 1.807) is 0 Å². The van der Waals surface area contributed by atoms with Gasteiger partial charge in [-0.25, -0.2) is 9.97 Å². The van der Waals surface area contributed by atoms with Crippen LogP contribution in [0.2, 0.25) is 0 Å². The SMILES string of the molecule is C/C=C\C=C(/C)C(C)=Nc1c(C)ccc2ccc(-c3ccc(-c4cccc(-c5nc6ccccc6c6c7ccccc7c7ccccc7c56)c4)c4ccccc34)nc12. The molecule has 2 heterocycles. The van der Waals surface area contributed by atoms with Gasteiger partial charge in [0.2, 0.25) is 0 Å². The summed E-state index contributed by atoms with van der Waals surface area (Å²) in [5.74, 6) is 0. The van der Waals surface area contributed by atoms with Gasteiger partial charge in [-0.05, 0) is 100 Å².